The molecular formula is C14H16BrNO2S. The molecule has 0 amide bonds. The van der Waals surface area contributed by atoms with Crippen molar-refractivity contribution in [3.05, 3.63) is 39.3 Å². The highest BCUT2D eigenvalue weighted by atomic mass is 79.9. The molecule has 1 aromatic heterocycles. The first-order valence-corrected chi connectivity index (χ1v) is 7.86. The van der Waals surface area contributed by atoms with Crippen LogP contribution in [0.15, 0.2) is 18.2 Å². The number of hydrogen-bond donors (Lipinski definition) is 0. The summed E-state index contributed by atoms with van der Waals surface area (Å²) in [6, 6.07) is 5.84. The highest BCUT2D eigenvalue weighted by molar-refractivity contribution is 9.08. The van der Waals surface area contributed by atoms with Crippen LogP contribution in [0.1, 0.15) is 21.1 Å². The molecule has 0 saturated carbocycles. The second-order valence-electron chi connectivity index (χ2n) is 4.15. The van der Waals surface area contributed by atoms with Gasteiger partial charge >= 0.3 is 0 Å². The minimum absolute atomic E-state index is 0.493. The second kappa shape index (κ2) is 6.39. The van der Waals surface area contributed by atoms with Crippen molar-refractivity contribution in [1.82, 2.24) is 4.98 Å². The zero-order chi connectivity index (χ0) is 13.8. The van der Waals surface area contributed by atoms with E-state index in [1.807, 2.05) is 25.1 Å². The van der Waals surface area contributed by atoms with E-state index in [1.54, 1.807) is 18.4 Å². The Labute approximate surface area is 125 Å². The number of nitrogens with zero attached hydrogens (tertiary/aromatic N) is 1. The van der Waals surface area contributed by atoms with Gasteiger partial charge in [-0.2, -0.15) is 0 Å². The molecule has 0 radical (unpaired) electrons. The monoisotopic (exact) mass is 341 g/mol. The van der Waals surface area contributed by atoms with E-state index in [1.165, 1.54) is 4.88 Å². The minimum Gasteiger partial charge on any atom is -0.497 e. The lowest BCUT2D eigenvalue weighted by molar-refractivity contribution is 0.300. The molecule has 3 nitrogen and oxygen atoms in total. The zero-order valence-electron chi connectivity index (χ0n) is 11.2. The number of aryl methyl sites for hydroxylation is 2. The van der Waals surface area contributed by atoms with Crippen LogP contribution in [0.4, 0.5) is 0 Å². The van der Waals surface area contributed by atoms with Crippen molar-refractivity contribution in [2.45, 2.75) is 25.8 Å². The molecule has 0 atom stereocenters. The van der Waals surface area contributed by atoms with E-state index in [4.69, 9.17) is 9.47 Å². The van der Waals surface area contributed by atoms with Crippen molar-refractivity contribution in [3.63, 3.8) is 0 Å². The summed E-state index contributed by atoms with van der Waals surface area (Å²) in [6.45, 7) is 4.59. The fourth-order valence-corrected chi connectivity index (χ4v) is 2.96. The van der Waals surface area contributed by atoms with Gasteiger partial charge in [-0.05, 0) is 19.9 Å². The van der Waals surface area contributed by atoms with Crippen LogP contribution in [0.5, 0.6) is 11.5 Å². The van der Waals surface area contributed by atoms with Crippen LogP contribution in [-0.4, -0.2) is 12.1 Å². The Morgan fingerprint density at radius 2 is 2.11 bits per heavy atom. The Kier molecular flexibility index (Phi) is 4.82. The van der Waals surface area contributed by atoms with Gasteiger partial charge in [-0.1, -0.05) is 22.0 Å². The normalized spacial score (nSPS) is 10.5. The van der Waals surface area contributed by atoms with Gasteiger partial charge in [0, 0.05) is 21.8 Å². The van der Waals surface area contributed by atoms with Crippen molar-refractivity contribution < 1.29 is 9.47 Å². The second-order valence-corrected chi connectivity index (χ2v) is 5.99. The van der Waals surface area contributed by atoms with E-state index < -0.39 is 0 Å². The minimum atomic E-state index is 0.493. The maximum absolute atomic E-state index is 5.86. The summed E-state index contributed by atoms with van der Waals surface area (Å²) < 4.78 is 11.1. The van der Waals surface area contributed by atoms with E-state index in [2.05, 4.69) is 27.8 Å². The van der Waals surface area contributed by atoms with E-state index in [0.717, 1.165) is 33.1 Å². The van der Waals surface area contributed by atoms with Crippen molar-refractivity contribution in [2.24, 2.45) is 0 Å². The quantitative estimate of drug-likeness (QED) is 0.762. The van der Waals surface area contributed by atoms with Crippen molar-refractivity contribution in [2.75, 3.05) is 7.11 Å². The molecule has 0 aliphatic rings. The molecule has 0 spiro atoms. The van der Waals surface area contributed by atoms with Crippen LogP contribution < -0.4 is 9.47 Å². The number of methoxy groups -OCH3 is 1. The fourth-order valence-electron chi connectivity index (χ4n) is 1.65. The Balaban J connectivity index is 2.13. The molecule has 0 aliphatic heterocycles. The molecule has 0 N–H and O–H groups in total. The first kappa shape index (κ1) is 14.3. The number of ether oxygens (including phenoxy) is 2. The average Bonchev–Trinajstić information content (AvgIpc) is 2.75. The summed E-state index contributed by atoms with van der Waals surface area (Å²) in [5, 5.41) is 1.75. The number of thiazole rings is 1. The Morgan fingerprint density at radius 3 is 2.68 bits per heavy atom. The number of halogens is 1. The molecule has 0 bridgehead atoms. The Bertz CT molecular complexity index is 549. The van der Waals surface area contributed by atoms with Gasteiger partial charge in [-0.15, -0.1) is 11.3 Å². The third-order valence-electron chi connectivity index (χ3n) is 2.84. The molecule has 19 heavy (non-hydrogen) atoms. The lowest BCUT2D eigenvalue weighted by atomic mass is 10.2. The van der Waals surface area contributed by atoms with Crippen LogP contribution in [0.25, 0.3) is 0 Å². The Hall–Kier alpha value is -1.07. The van der Waals surface area contributed by atoms with Gasteiger partial charge < -0.3 is 9.47 Å². The van der Waals surface area contributed by atoms with Crippen LogP contribution in [0, 0.1) is 13.8 Å². The predicted octanol–water partition coefficient (Wildman–Crippen LogP) is 4.24. The number of alkyl halides is 1. The average molecular weight is 342 g/mol. The molecule has 2 aromatic rings. The first-order valence-electron chi connectivity index (χ1n) is 5.92. The zero-order valence-corrected chi connectivity index (χ0v) is 13.6. The fraction of sp³-hybridized carbons (Fsp3) is 0.357. The number of benzene rings is 1. The highest BCUT2D eigenvalue weighted by Gasteiger charge is 2.08. The van der Waals surface area contributed by atoms with Gasteiger partial charge in [0.1, 0.15) is 23.1 Å². The molecular weight excluding hydrogens is 326 g/mol. The lowest BCUT2D eigenvalue weighted by Gasteiger charge is -2.10. The smallest absolute Gasteiger partial charge is 0.140 e. The molecule has 0 fully saturated rings. The largest absolute Gasteiger partial charge is 0.497 e. The summed E-state index contributed by atoms with van der Waals surface area (Å²) >= 11 is 5.14. The van der Waals surface area contributed by atoms with Gasteiger partial charge in [-0.3, -0.25) is 0 Å². The van der Waals surface area contributed by atoms with Crippen molar-refractivity contribution >= 4 is 27.3 Å². The van der Waals surface area contributed by atoms with E-state index >= 15 is 0 Å². The number of aromatic nitrogens is 1. The maximum Gasteiger partial charge on any atom is 0.140 e. The summed E-state index contributed by atoms with van der Waals surface area (Å²) in [6.07, 6.45) is 0. The summed E-state index contributed by atoms with van der Waals surface area (Å²) in [5.74, 6) is 1.63. The van der Waals surface area contributed by atoms with Gasteiger partial charge in [-0.25, -0.2) is 4.98 Å². The predicted molar refractivity (Wildman–Crippen MR) is 81.5 cm³/mol. The maximum atomic E-state index is 5.86. The summed E-state index contributed by atoms with van der Waals surface area (Å²) in [5.41, 5.74) is 2.18. The topological polar surface area (TPSA) is 31.4 Å². The third kappa shape index (κ3) is 3.48. The van der Waals surface area contributed by atoms with E-state index in [0.29, 0.717) is 6.61 Å². The van der Waals surface area contributed by atoms with Crippen LogP contribution in [-0.2, 0) is 11.9 Å². The third-order valence-corrected chi connectivity index (χ3v) is 4.49. The SMILES string of the molecule is COc1ccc(CBr)c(OCc2nc(C)c(C)s2)c1. The van der Waals surface area contributed by atoms with Gasteiger partial charge in [0.05, 0.1) is 12.8 Å². The van der Waals surface area contributed by atoms with Gasteiger partial charge in [0.2, 0.25) is 0 Å². The molecule has 0 unspecified atom stereocenters. The van der Waals surface area contributed by atoms with Crippen LogP contribution >= 0.6 is 27.3 Å². The number of hydrogen-bond acceptors (Lipinski definition) is 4. The lowest BCUT2D eigenvalue weighted by Crippen LogP contribution is -1.98. The van der Waals surface area contributed by atoms with Crippen LogP contribution in [0.3, 0.4) is 0 Å². The Morgan fingerprint density at radius 1 is 1.32 bits per heavy atom. The standard InChI is InChI=1S/C14H16BrNO2S/c1-9-10(2)19-14(16-9)8-18-13-6-12(17-3)5-4-11(13)7-15/h4-6H,7-8H2,1-3H3. The number of rotatable bonds is 5. The first-order chi connectivity index (χ1) is 9.13. The molecule has 0 aliphatic carbocycles. The molecule has 1 heterocycles. The van der Waals surface area contributed by atoms with Crippen molar-refractivity contribution in [3.8, 4) is 11.5 Å². The van der Waals surface area contributed by atoms with Gasteiger partial charge in [0.15, 0.2) is 0 Å². The van der Waals surface area contributed by atoms with Crippen LogP contribution in [0.2, 0.25) is 0 Å². The molecule has 5 heteroatoms. The van der Waals surface area contributed by atoms with Gasteiger partial charge in [0.25, 0.3) is 0 Å². The molecule has 1 aromatic carbocycles. The molecule has 2 rings (SSSR count). The summed E-state index contributed by atoms with van der Waals surface area (Å²) in [4.78, 5) is 5.71. The van der Waals surface area contributed by atoms with E-state index in [9.17, 15) is 0 Å². The summed E-state index contributed by atoms with van der Waals surface area (Å²) in [7, 11) is 1.65. The van der Waals surface area contributed by atoms with Crippen molar-refractivity contribution in [1.29, 1.82) is 0 Å². The van der Waals surface area contributed by atoms with E-state index in [-0.39, 0.29) is 0 Å². The highest BCUT2D eigenvalue weighted by Crippen LogP contribution is 2.28. The molecule has 0 saturated heterocycles. The molecule has 102 valence electrons.